The van der Waals surface area contributed by atoms with Crippen LogP contribution in [0, 0.1) is 0 Å². The average Bonchev–Trinajstić information content (AvgIpc) is 3.18. The van der Waals surface area contributed by atoms with Crippen LogP contribution in [0.15, 0.2) is 29.2 Å². The van der Waals surface area contributed by atoms with E-state index in [-0.39, 0.29) is 34.8 Å². The highest BCUT2D eigenvalue weighted by Crippen LogP contribution is 2.41. The summed E-state index contributed by atoms with van der Waals surface area (Å²) in [4.78, 5) is 28.1. The molecule has 3 aliphatic rings. The fraction of sp³-hybridized carbons (Fsp3) is 0.476. The zero-order valence-electron chi connectivity index (χ0n) is 17.4. The Hall–Kier alpha value is -2.92. The lowest BCUT2D eigenvalue weighted by Gasteiger charge is -2.32. The highest BCUT2D eigenvalue weighted by Gasteiger charge is 2.39. The van der Waals surface area contributed by atoms with E-state index in [4.69, 9.17) is 4.74 Å². The molecule has 3 aliphatic heterocycles. The molecule has 2 fully saturated rings. The molecule has 1 unspecified atom stereocenters. The summed E-state index contributed by atoms with van der Waals surface area (Å²) in [6.45, 7) is 2.36. The average molecular weight is 461 g/mol. The Morgan fingerprint density at radius 3 is 2.59 bits per heavy atom. The number of likely N-dealkylation sites (tertiary alicyclic amines) is 1. The van der Waals surface area contributed by atoms with Gasteiger partial charge in [-0.15, -0.1) is 0 Å². The van der Waals surface area contributed by atoms with Gasteiger partial charge in [0.05, 0.1) is 35.6 Å². The van der Waals surface area contributed by atoms with Crippen molar-refractivity contribution in [1.29, 1.82) is 0 Å². The van der Waals surface area contributed by atoms with Gasteiger partial charge in [-0.2, -0.15) is 5.10 Å². The van der Waals surface area contributed by atoms with Crippen LogP contribution in [-0.2, 0) is 20.3 Å². The van der Waals surface area contributed by atoms with Crippen molar-refractivity contribution in [2.45, 2.75) is 29.5 Å². The number of ether oxygens (including phenoxy) is 1. The first-order chi connectivity index (χ1) is 15.4. The molecule has 1 aromatic heterocycles. The highest BCUT2D eigenvalue weighted by molar-refractivity contribution is 7.90. The maximum Gasteiger partial charge on any atom is 0.407 e. The van der Waals surface area contributed by atoms with Gasteiger partial charge in [0.15, 0.2) is 15.5 Å². The van der Waals surface area contributed by atoms with Crippen LogP contribution in [0.5, 0.6) is 0 Å². The first kappa shape index (κ1) is 21.0. The van der Waals surface area contributed by atoms with E-state index in [1.54, 1.807) is 33.8 Å². The second-order valence-corrected chi connectivity index (χ2v) is 10.3. The molecule has 0 saturated carbocycles. The van der Waals surface area contributed by atoms with Gasteiger partial charge in [0.2, 0.25) is 0 Å². The Morgan fingerprint density at radius 1 is 1.09 bits per heavy atom. The van der Waals surface area contributed by atoms with Gasteiger partial charge in [-0.05, 0) is 18.9 Å². The Balaban J connectivity index is 1.66. The minimum absolute atomic E-state index is 0.132. The normalized spacial score (nSPS) is 22.2. The molecule has 0 aliphatic carbocycles. The Morgan fingerprint density at radius 2 is 1.84 bits per heavy atom. The molecule has 32 heavy (non-hydrogen) atoms. The van der Waals surface area contributed by atoms with Crippen molar-refractivity contribution in [2.75, 3.05) is 39.4 Å². The number of morpholine rings is 1. The monoisotopic (exact) mass is 460 g/mol. The van der Waals surface area contributed by atoms with Crippen molar-refractivity contribution in [3.8, 4) is 11.3 Å². The third-order valence-corrected chi connectivity index (χ3v) is 8.03. The van der Waals surface area contributed by atoms with Gasteiger partial charge in [-0.25, -0.2) is 13.2 Å². The molecule has 2 amide bonds. The summed E-state index contributed by atoms with van der Waals surface area (Å²) in [6.07, 6.45) is 0.361. The molecule has 0 bridgehead atoms. The molecule has 2 aromatic rings. The minimum atomic E-state index is -3.64. The van der Waals surface area contributed by atoms with Gasteiger partial charge in [0.1, 0.15) is 0 Å². The molecular weight excluding hydrogens is 436 g/mol. The van der Waals surface area contributed by atoms with Gasteiger partial charge in [-0.1, -0.05) is 18.2 Å². The Kier molecular flexibility index (Phi) is 5.17. The van der Waals surface area contributed by atoms with Gasteiger partial charge in [0, 0.05) is 37.3 Å². The van der Waals surface area contributed by atoms with E-state index in [0.717, 1.165) is 0 Å². The van der Waals surface area contributed by atoms with Gasteiger partial charge in [0.25, 0.3) is 5.91 Å². The second-order valence-electron chi connectivity index (χ2n) is 8.30. The number of nitrogens with zero attached hydrogens (tertiary/aromatic N) is 4. The second kappa shape index (κ2) is 7.89. The van der Waals surface area contributed by atoms with E-state index in [2.05, 4.69) is 5.10 Å². The molecule has 1 atom stereocenters. The van der Waals surface area contributed by atoms with Crippen LogP contribution in [0.1, 0.15) is 34.9 Å². The van der Waals surface area contributed by atoms with Crippen LogP contribution in [0.3, 0.4) is 0 Å². The summed E-state index contributed by atoms with van der Waals surface area (Å²) in [6, 6.07) is 6.44. The fourth-order valence-electron chi connectivity index (χ4n) is 4.77. The van der Waals surface area contributed by atoms with Crippen molar-refractivity contribution >= 4 is 21.8 Å². The summed E-state index contributed by atoms with van der Waals surface area (Å²) >= 11 is 0. The predicted octanol–water partition coefficient (Wildman–Crippen LogP) is 1.62. The number of benzene rings is 1. The first-order valence-corrected chi connectivity index (χ1v) is 12.3. The van der Waals surface area contributed by atoms with Crippen molar-refractivity contribution in [3.05, 3.63) is 35.5 Å². The maximum atomic E-state index is 13.4. The van der Waals surface area contributed by atoms with Crippen molar-refractivity contribution < 1.29 is 27.9 Å². The predicted molar refractivity (Wildman–Crippen MR) is 113 cm³/mol. The van der Waals surface area contributed by atoms with Gasteiger partial charge in [-0.3, -0.25) is 9.48 Å². The molecule has 1 aromatic carbocycles. The van der Waals surface area contributed by atoms with E-state index in [9.17, 15) is 23.1 Å². The SMILES string of the molecule is O=C(O)N1CCCC(n2nc(C(=O)N3CCOCC3)c3c2-c2ccccc2S(=O)(=O)C3)C1. The standard InChI is InChI=1S/C21H24N4O6S/c26-20(23-8-10-31-11-9-23)18-16-13-32(29,30)17-6-2-1-5-15(17)19(16)25(22-18)14-4-3-7-24(12-14)21(27)28/h1-2,5-6,14H,3-4,7-13H2,(H,27,28). The summed E-state index contributed by atoms with van der Waals surface area (Å²) < 4.78 is 33.1. The molecule has 11 heteroatoms. The highest BCUT2D eigenvalue weighted by atomic mass is 32.2. The van der Waals surface area contributed by atoms with E-state index >= 15 is 0 Å². The molecule has 5 rings (SSSR count). The molecule has 0 radical (unpaired) electrons. The summed E-state index contributed by atoms with van der Waals surface area (Å²) in [7, 11) is -3.64. The minimum Gasteiger partial charge on any atom is -0.465 e. The lowest BCUT2D eigenvalue weighted by molar-refractivity contribution is 0.0297. The molecule has 1 N–H and O–H groups in total. The third kappa shape index (κ3) is 3.45. The number of hydrogen-bond acceptors (Lipinski definition) is 6. The van der Waals surface area contributed by atoms with Crippen LogP contribution in [0.4, 0.5) is 4.79 Å². The van der Waals surface area contributed by atoms with Crippen LogP contribution >= 0.6 is 0 Å². The van der Waals surface area contributed by atoms with E-state index in [1.165, 1.54) is 4.90 Å². The van der Waals surface area contributed by atoms with E-state index < -0.39 is 15.9 Å². The number of carbonyl (C=O) groups is 2. The zero-order valence-corrected chi connectivity index (χ0v) is 18.3. The number of amides is 2. The lowest BCUT2D eigenvalue weighted by Crippen LogP contribution is -2.41. The number of carbonyl (C=O) groups excluding carboxylic acids is 1. The summed E-state index contributed by atoms with van der Waals surface area (Å²) in [5.41, 5.74) is 1.64. The molecule has 170 valence electrons. The summed E-state index contributed by atoms with van der Waals surface area (Å²) in [5, 5.41) is 14.1. The van der Waals surface area contributed by atoms with Crippen LogP contribution < -0.4 is 0 Å². The maximum absolute atomic E-state index is 13.4. The van der Waals surface area contributed by atoms with Crippen LogP contribution in [0.25, 0.3) is 11.3 Å². The third-order valence-electron chi connectivity index (χ3n) is 6.33. The topological polar surface area (TPSA) is 122 Å². The largest absolute Gasteiger partial charge is 0.465 e. The van der Waals surface area contributed by atoms with Crippen molar-refractivity contribution in [1.82, 2.24) is 19.6 Å². The summed E-state index contributed by atoms with van der Waals surface area (Å²) in [5.74, 6) is -0.621. The van der Waals surface area contributed by atoms with Crippen LogP contribution in [-0.4, -0.2) is 84.5 Å². The number of piperidine rings is 1. The fourth-order valence-corrected chi connectivity index (χ4v) is 6.37. The number of carboxylic acid groups (broad SMARTS) is 1. The van der Waals surface area contributed by atoms with E-state index in [1.807, 2.05) is 0 Å². The van der Waals surface area contributed by atoms with Crippen LogP contribution in [0.2, 0.25) is 0 Å². The smallest absolute Gasteiger partial charge is 0.407 e. The first-order valence-electron chi connectivity index (χ1n) is 10.7. The number of aromatic nitrogens is 2. The zero-order chi connectivity index (χ0) is 22.5. The quantitative estimate of drug-likeness (QED) is 0.723. The van der Waals surface area contributed by atoms with Gasteiger partial charge >= 0.3 is 6.09 Å². The Labute approximate surface area is 185 Å². The number of hydrogen-bond donors (Lipinski definition) is 1. The molecule has 2 saturated heterocycles. The molecule has 0 spiro atoms. The van der Waals surface area contributed by atoms with Gasteiger partial charge < -0.3 is 19.6 Å². The molecule has 4 heterocycles. The number of rotatable bonds is 2. The Bertz CT molecular complexity index is 1180. The van der Waals surface area contributed by atoms with Crippen molar-refractivity contribution in [2.24, 2.45) is 0 Å². The lowest BCUT2D eigenvalue weighted by atomic mass is 10.0. The number of fused-ring (bicyclic) bond motifs is 3. The van der Waals surface area contributed by atoms with E-state index in [0.29, 0.717) is 62.5 Å². The van der Waals surface area contributed by atoms with Crippen molar-refractivity contribution in [3.63, 3.8) is 0 Å². The number of sulfone groups is 1. The molecular formula is C21H24N4O6S. The molecule has 10 nitrogen and oxygen atoms in total.